The van der Waals surface area contributed by atoms with Crippen molar-refractivity contribution in [1.29, 1.82) is 0 Å². The van der Waals surface area contributed by atoms with Crippen LogP contribution in [0.2, 0.25) is 0 Å². The van der Waals surface area contributed by atoms with Crippen molar-refractivity contribution in [2.45, 2.75) is 26.4 Å². The van der Waals surface area contributed by atoms with Crippen molar-refractivity contribution in [2.24, 2.45) is 0 Å². The van der Waals surface area contributed by atoms with E-state index < -0.39 is 6.10 Å². The van der Waals surface area contributed by atoms with E-state index in [2.05, 4.69) is 9.97 Å². The van der Waals surface area contributed by atoms with Crippen LogP contribution in [0.1, 0.15) is 28.9 Å². The summed E-state index contributed by atoms with van der Waals surface area (Å²) in [5.74, 6) is 0.693. The number of rotatable bonds is 3. The number of hydrogen-bond donors (Lipinski definition) is 1. The molecule has 0 amide bonds. The first kappa shape index (κ1) is 11.7. The van der Waals surface area contributed by atoms with Crippen molar-refractivity contribution < 1.29 is 5.11 Å². The summed E-state index contributed by atoms with van der Waals surface area (Å²) in [6.45, 7) is 3.88. The third-order valence-electron chi connectivity index (χ3n) is 2.59. The fourth-order valence-corrected chi connectivity index (χ4v) is 1.86. The third-order valence-corrected chi connectivity index (χ3v) is 2.59. The van der Waals surface area contributed by atoms with Gasteiger partial charge in [-0.15, -0.1) is 0 Å². The molecule has 0 fully saturated rings. The van der Waals surface area contributed by atoms with E-state index in [4.69, 9.17) is 0 Å². The Morgan fingerprint density at radius 3 is 2.24 bits per heavy atom. The molecule has 1 unspecified atom stereocenters. The van der Waals surface area contributed by atoms with Crippen molar-refractivity contribution in [1.82, 2.24) is 9.97 Å². The molecule has 1 N–H and O–H groups in total. The van der Waals surface area contributed by atoms with E-state index >= 15 is 0 Å². The van der Waals surface area contributed by atoms with Crippen LogP contribution in [0.5, 0.6) is 0 Å². The summed E-state index contributed by atoms with van der Waals surface area (Å²) < 4.78 is 0. The van der Waals surface area contributed by atoms with E-state index in [1.807, 2.05) is 50.2 Å². The summed E-state index contributed by atoms with van der Waals surface area (Å²) in [6, 6.07) is 11.5. The Bertz CT molecular complexity index is 477. The molecule has 88 valence electrons. The highest BCUT2D eigenvalue weighted by atomic mass is 16.3. The number of aliphatic hydroxyl groups excluding tert-OH is 1. The Hall–Kier alpha value is -1.74. The summed E-state index contributed by atoms with van der Waals surface area (Å²) in [4.78, 5) is 8.66. The maximum Gasteiger partial charge on any atom is 0.131 e. The first-order chi connectivity index (χ1) is 8.15. The molecule has 2 aromatic rings. The molecule has 0 saturated heterocycles. The largest absolute Gasteiger partial charge is 0.388 e. The zero-order valence-electron chi connectivity index (χ0n) is 10.1. The Morgan fingerprint density at radius 1 is 1.06 bits per heavy atom. The van der Waals surface area contributed by atoms with Gasteiger partial charge in [-0.25, -0.2) is 9.97 Å². The molecule has 2 rings (SSSR count). The summed E-state index contributed by atoms with van der Waals surface area (Å²) >= 11 is 0. The highest BCUT2D eigenvalue weighted by molar-refractivity contribution is 5.19. The van der Waals surface area contributed by atoms with Crippen LogP contribution in [0.3, 0.4) is 0 Å². The van der Waals surface area contributed by atoms with Crippen LogP contribution in [0.25, 0.3) is 0 Å². The number of nitrogens with zero attached hydrogens (tertiary/aromatic N) is 2. The van der Waals surface area contributed by atoms with Crippen LogP contribution in [0.15, 0.2) is 36.4 Å². The van der Waals surface area contributed by atoms with Crippen LogP contribution in [0, 0.1) is 13.8 Å². The van der Waals surface area contributed by atoms with Crippen molar-refractivity contribution in [3.8, 4) is 0 Å². The molecule has 0 aliphatic rings. The van der Waals surface area contributed by atoms with Crippen LogP contribution in [-0.2, 0) is 6.42 Å². The lowest BCUT2D eigenvalue weighted by Crippen LogP contribution is -2.06. The average Bonchev–Trinajstić information content (AvgIpc) is 2.28. The van der Waals surface area contributed by atoms with Gasteiger partial charge in [0.05, 0.1) is 6.10 Å². The fraction of sp³-hybridized carbons (Fsp3) is 0.286. The summed E-state index contributed by atoms with van der Waals surface area (Å²) in [6.07, 6.45) is -0.0931. The lowest BCUT2D eigenvalue weighted by Gasteiger charge is -2.10. The third kappa shape index (κ3) is 3.11. The Labute approximate surface area is 101 Å². The smallest absolute Gasteiger partial charge is 0.131 e. The molecule has 0 aliphatic carbocycles. The van der Waals surface area contributed by atoms with E-state index in [9.17, 15) is 5.11 Å². The van der Waals surface area contributed by atoms with Gasteiger partial charge in [0.25, 0.3) is 0 Å². The second-order valence-electron chi connectivity index (χ2n) is 4.20. The van der Waals surface area contributed by atoms with Crippen LogP contribution < -0.4 is 0 Å². The van der Waals surface area contributed by atoms with Crippen molar-refractivity contribution in [3.63, 3.8) is 0 Å². The summed E-state index contributed by atoms with van der Waals surface area (Å²) in [5, 5.41) is 10.1. The second-order valence-corrected chi connectivity index (χ2v) is 4.20. The predicted octanol–water partition coefficient (Wildman–Crippen LogP) is 2.37. The lowest BCUT2D eigenvalue weighted by molar-refractivity contribution is 0.175. The van der Waals surface area contributed by atoms with E-state index in [0.29, 0.717) is 12.2 Å². The van der Waals surface area contributed by atoms with Gasteiger partial charge in [0.1, 0.15) is 5.82 Å². The molecular formula is C14H16N2O. The summed E-state index contributed by atoms with van der Waals surface area (Å²) in [7, 11) is 0. The van der Waals surface area contributed by atoms with Crippen LogP contribution in [-0.4, -0.2) is 15.1 Å². The Kier molecular flexibility index (Phi) is 3.49. The van der Waals surface area contributed by atoms with E-state index in [0.717, 1.165) is 17.0 Å². The number of hydrogen-bond acceptors (Lipinski definition) is 3. The van der Waals surface area contributed by atoms with Crippen LogP contribution in [0.4, 0.5) is 0 Å². The van der Waals surface area contributed by atoms with Gasteiger partial charge in [0.2, 0.25) is 0 Å². The Balaban J connectivity index is 2.16. The topological polar surface area (TPSA) is 46.0 Å². The highest BCUT2D eigenvalue weighted by Crippen LogP contribution is 2.16. The van der Waals surface area contributed by atoms with E-state index in [1.54, 1.807) is 0 Å². The van der Waals surface area contributed by atoms with Gasteiger partial charge in [-0.2, -0.15) is 0 Å². The summed E-state index contributed by atoms with van der Waals surface area (Å²) in [5.41, 5.74) is 2.77. The molecule has 3 heteroatoms. The number of aryl methyl sites for hydroxylation is 2. The second kappa shape index (κ2) is 5.06. The molecule has 1 heterocycles. The zero-order chi connectivity index (χ0) is 12.3. The molecule has 3 nitrogen and oxygen atoms in total. The maximum absolute atomic E-state index is 10.1. The van der Waals surface area contributed by atoms with Gasteiger partial charge in [0.15, 0.2) is 0 Å². The normalized spacial score (nSPS) is 12.4. The minimum absolute atomic E-state index is 0.451. The van der Waals surface area contributed by atoms with E-state index in [1.165, 1.54) is 0 Å². The molecule has 0 saturated carbocycles. The molecule has 1 atom stereocenters. The minimum atomic E-state index is -0.544. The fourth-order valence-electron chi connectivity index (χ4n) is 1.86. The Morgan fingerprint density at radius 2 is 1.65 bits per heavy atom. The predicted molar refractivity (Wildman–Crippen MR) is 66.6 cm³/mol. The zero-order valence-corrected chi connectivity index (χ0v) is 10.1. The van der Waals surface area contributed by atoms with Gasteiger partial charge in [0, 0.05) is 17.8 Å². The minimum Gasteiger partial charge on any atom is -0.388 e. The number of aromatic nitrogens is 2. The number of benzene rings is 1. The molecular weight excluding hydrogens is 212 g/mol. The van der Waals surface area contributed by atoms with Gasteiger partial charge < -0.3 is 5.11 Å². The standard InChI is InChI=1S/C14H16N2O/c1-10-8-11(2)16-14(15-10)9-13(17)12-6-4-3-5-7-12/h3-8,13,17H,9H2,1-2H3. The van der Waals surface area contributed by atoms with Gasteiger partial charge >= 0.3 is 0 Å². The monoisotopic (exact) mass is 228 g/mol. The van der Waals surface area contributed by atoms with Gasteiger partial charge in [-0.05, 0) is 25.5 Å². The first-order valence-electron chi connectivity index (χ1n) is 5.69. The van der Waals surface area contributed by atoms with Crippen molar-refractivity contribution in [3.05, 3.63) is 59.2 Å². The molecule has 0 spiro atoms. The van der Waals surface area contributed by atoms with Gasteiger partial charge in [-0.3, -0.25) is 0 Å². The van der Waals surface area contributed by atoms with E-state index in [-0.39, 0.29) is 0 Å². The highest BCUT2D eigenvalue weighted by Gasteiger charge is 2.10. The molecule has 1 aromatic carbocycles. The van der Waals surface area contributed by atoms with Crippen molar-refractivity contribution in [2.75, 3.05) is 0 Å². The van der Waals surface area contributed by atoms with Crippen LogP contribution >= 0.6 is 0 Å². The molecule has 0 radical (unpaired) electrons. The van der Waals surface area contributed by atoms with Gasteiger partial charge in [-0.1, -0.05) is 30.3 Å². The first-order valence-corrected chi connectivity index (χ1v) is 5.69. The quantitative estimate of drug-likeness (QED) is 0.877. The molecule has 0 aliphatic heterocycles. The maximum atomic E-state index is 10.1. The molecule has 0 bridgehead atoms. The number of aliphatic hydroxyl groups is 1. The lowest BCUT2D eigenvalue weighted by atomic mass is 10.1. The molecule has 17 heavy (non-hydrogen) atoms. The molecule has 1 aromatic heterocycles. The SMILES string of the molecule is Cc1cc(C)nc(CC(O)c2ccccc2)n1. The van der Waals surface area contributed by atoms with Crippen molar-refractivity contribution >= 4 is 0 Å². The average molecular weight is 228 g/mol.